The van der Waals surface area contributed by atoms with Crippen LogP contribution in [0.2, 0.25) is 0 Å². The molecule has 1 saturated carbocycles. The van der Waals surface area contributed by atoms with E-state index in [4.69, 9.17) is 9.47 Å². The molecule has 0 radical (unpaired) electrons. The smallest absolute Gasteiger partial charge is 0.251 e. The predicted molar refractivity (Wildman–Crippen MR) is 41.6 cm³/mol. The Labute approximate surface area is 75.6 Å². The van der Waals surface area contributed by atoms with Gasteiger partial charge in [0.1, 0.15) is 6.10 Å². The minimum absolute atomic E-state index is 0.00810. The van der Waals surface area contributed by atoms with Crippen LogP contribution in [0, 0.1) is 0 Å². The van der Waals surface area contributed by atoms with Gasteiger partial charge in [0.05, 0.1) is 0 Å². The van der Waals surface area contributed by atoms with E-state index in [1.54, 1.807) is 0 Å². The van der Waals surface area contributed by atoms with E-state index in [-0.39, 0.29) is 12.8 Å². The molecule has 0 saturated heterocycles. The summed E-state index contributed by atoms with van der Waals surface area (Å²) in [5, 5.41) is 9.43. The van der Waals surface area contributed by atoms with Gasteiger partial charge in [0, 0.05) is 33.5 Å². The first kappa shape index (κ1) is 10.8. The summed E-state index contributed by atoms with van der Waals surface area (Å²) < 4.78 is 35.5. The van der Waals surface area contributed by atoms with Crippen molar-refractivity contribution in [3.8, 4) is 0 Å². The molecule has 0 bridgehead atoms. The lowest BCUT2D eigenvalue weighted by Gasteiger charge is -2.41. The van der Waals surface area contributed by atoms with E-state index in [2.05, 4.69) is 0 Å². The third-order valence-corrected chi connectivity index (χ3v) is 2.53. The van der Waals surface area contributed by atoms with Crippen LogP contribution < -0.4 is 0 Å². The van der Waals surface area contributed by atoms with Gasteiger partial charge in [-0.15, -0.1) is 0 Å². The lowest BCUT2D eigenvalue weighted by Crippen LogP contribution is -2.52. The summed E-state index contributed by atoms with van der Waals surface area (Å²) in [5.74, 6) is -4.05. The SMILES string of the molecule is COC1(OC)CCC(F)(F)C[C@@H]1O. The summed E-state index contributed by atoms with van der Waals surface area (Å²) in [6, 6.07) is 0. The minimum atomic E-state index is -2.81. The molecule has 0 aliphatic heterocycles. The Hall–Kier alpha value is -0.260. The number of halogens is 2. The number of alkyl halides is 2. The molecule has 0 heterocycles. The second kappa shape index (κ2) is 3.48. The largest absolute Gasteiger partial charge is 0.387 e. The van der Waals surface area contributed by atoms with E-state index in [0.29, 0.717) is 0 Å². The number of methoxy groups -OCH3 is 2. The van der Waals surface area contributed by atoms with E-state index in [1.165, 1.54) is 14.2 Å². The predicted octanol–water partition coefficient (Wildman–Crippen LogP) is 1.16. The fourth-order valence-electron chi connectivity index (χ4n) is 1.62. The number of hydrogen-bond acceptors (Lipinski definition) is 3. The van der Waals surface area contributed by atoms with Crippen molar-refractivity contribution in [1.82, 2.24) is 0 Å². The first-order chi connectivity index (χ1) is 5.96. The minimum Gasteiger partial charge on any atom is -0.387 e. The molecule has 1 aliphatic rings. The zero-order chi connectivity index (χ0) is 10.1. The topological polar surface area (TPSA) is 38.7 Å². The third kappa shape index (κ3) is 1.98. The molecule has 0 aromatic heterocycles. The molecule has 1 fully saturated rings. The highest BCUT2D eigenvalue weighted by Crippen LogP contribution is 2.40. The van der Waals surface area contributed by atoms with Gasteiger partial charge >= 0.3 is 0 Å². The van der Waals surface area contributed by atoms with E-state index >= 15 is 0 Å². The molecule has 0 spiro atoms. The van der Waals surface area contributed by atoms with Gasteiger partial charge in [0.2, 0.25) is 0 Å². The zero-order valence-electron chi connectivity index (χ0n) is 7.72. The lowest BCUT2D eigenvalue weighted by molar-refractivity contribution is -0.295. The number of aliphatic hydroxyl groups excluding tert-OH is 1. The average Bonchev–Trinajstić information content (AvgIpc) is 2.05. The average molecular weight is 196 g/mol. The van der Waals surface area contributed by atoms with Crippen LogP contribution in [-0.2, 0) is 9.47 Å². The van der Waals surface area contributed by atoms with E-state index in [0.717, 1.165) is 0 Å². The molecule has 1 rings (SSSR count). The molecule has 13 heavy (non-hydrogen) atoms. The quantitative estimate of drug-likeness (QED) is 0.673. The maximum absolute atomic E-state index is 12.8. The van der Waals surface area contributed by atoms with Crippen molar-refractivity contribution < 1.29 is 23.4 Å². The monoisotopic (exact) mass is 196 g/mol. The standard InChI is InChI=1S/C8H14F2O3/c1-12-8(13-2)4-3-7(9,10)5-6(8)11/h6,11H,3-5H2,1-2H3/t6-/m0/s1. The summed E-state index contributed by atoms with van der Waals surface area (Å²) in [7, 11) is 2.69. The van der Waals surface area contributed by atoms with Crippen LogP contribution in [0.3, 0.4) is 0 Å². The molecule has 5 heteroatoms. The van der Waals surface area contributed by atoms with Crippen LogP contribution in [0.15, 0.2) is 0 Å². The summed E-state index contributed by atoms with van der Waals surface area (Å²) in [6.45, 7) is 0. The van der Waals surface area contributed by atoms with Crippen molar-refractivity contribution in [3.63, 3.8) is 0 Å². The number of rotatable bonds is 2. The first-order valence-corrected chi connectivity index (χ1v) is 4.12. The number of hydrogen-bond donors (Lipinski definition) is 1. The van der Waals surface area contributed by atoms with E-state index in [1.807, 2.05) is 0 Å². The van der Waals surface area contributed by atoms with E-state index < -0.39 is 24.2 Å². The second-order valence-corrected chi connectivity index (χ2v) is 3.30. The van der Waals surface area contributed by atoms with Gasteiger partial charge in [-0.2, -0.15) is 0 Å². The van der Waals surface area contributed by atoms with E-state index in [9.17, 15) is 13.9 Å². The lowest BCUT2D eigenvalue weighted by atomic mass is 9.88. The number of ether oxygens (including phenoxy) is 2. The second-order valence-electron chi connectivity index (χ2n) is 3.30. The summed E-state index contributed by atoms with van der Waals surface area (Å²) in [4.78, 5) is 0. The van der Waals surface area contributed by atoms with Crippen LogP contribution in [0.1, 0.15) is 19.3 Å². The van der Waals surface area contributed by atoms with Crippen molar-refractivity contribution in [3.05, 3.63) is 0 Å². The Morgan fingerprint density at radius 3 is 2.15 bits per heavy atom. The van der Waals surface area contributed by atoms with Gasteiger partial charge in [0.25, 0.3) is 5.92 Å². The Bertz CT molecular complexity index is 180. The van der Waals surface area contributed by atoms with Crippen molar-refractivity contribution in [2.45, 2.75) is 37.1 Å². The maximum atomic E-state index is 12.8. The van der Waals surface area contributed by atoms with Crippen molar-refractivity contribution in [2.75, 3.05) is 14.2 Å². The summed E-state index contributed by atoms with van der Waals surface area (Å²) in [6.07, 6.45) is -2.18. The van der Waals surface area contributed by atoms with Crippen molar-refractivity contribution in [2.24, 2.45) is 0 Å². The maximum Gasteiger partial charge on any atom is 0.251 e. The van der Waals surface area contributed by atoms with Crippen LogP contribution in [0.4, 0.5) is 8.78 Å². The molecule has 0 aromatic rings. The van der Waals surface area contributed by atoms with Crippen LogP contribution >= 0.6 is 0 Å². The molecule has 1 N–H and O–H groups in total. The molecule has 0 amide bonds. The Kier molecular flexibility index (Phi) is 2.89. The molecule has 1 atom stereocenters. The normalized spacial score (nSPS) is 31.6. The molecular formula is C8H14F2O3. The summed E-state index contributed by atoms with van der Waals surface area (Å²) in [5.41, 5.74) is 0. The molecule has 0 unspecified atom stereocenters. The van der Waals surface area contributed by atoms with Crippen LogP contribution in [0.25, 0.3) is 0 Å². The Morgan fingerprint density at radius 2 is 1.77 bits per heavy atom. The Balaban J connectivity index is 2.72. The first-order valence-electron chi connectivity index (χ1n) is 4.12. The molecule has 0 aromatic carbocycles. The zero-order valence-corrected chi connectivity index (χ0v) is 7.72. The Morgan fingerprint density at radius 1 is 1.23 bits per heavy atom. The van der Waals surface area contributed by atoms with Gasteiger partial charge in [-0.3, -0.25) is 0 Å². The number of aliphatic hydroxyl groups is 1. The molecule has 3 nitrogen and oxygen atoms in total. The summed E-state index contributed by atoms with van der Waals surface area (Å²) >= 11 is 0. The van der Waals surface area contributed by atoms with Gasteiger partial charge in [0.15, 0.2) is 5.79 Å². The van der Waals surface area contributed by atoms with Crippen molar-refractivity contribution in [1.29, 1.82) is 0 Å². The third-order valence-electron chi connectivity index (χ3n) is 2.53. The highest BCUT2D eigenvalue weighted by molar-refractivity contribution is 4.90. The molecule has 78 valence electrons. The van der Waals surface area contributed by atoms with Gasteiger partial charge in [-0.05, 0) is 0 Å². The van der Waals surface area contributed by atoms with Crippen LogP contribution in [-0.4, -0.2) is 37.1 Å². The van der Waals surface area contributed by atoms with Gasteiger partial charge in [-0.1, -0.05) is 0 Å². The molecule has 1 aliphatic carbocycles. The van der Waals surface area contributed by atoms with Crippen LogP contribution in [0.5, 0.6) is 0 Å². The van der Waals surface area contributed by atoms with Gasteiger partial charge in [-0.25, -0.2) is 8.78 Å². The van der Waals surface area contributed by atoms with Gasteiger partial charge < -0.3 is 14.6 Å². The fourth-order valence-corrected chi connectivity index (χ4v) is 1.62. The van der Waals surface area contributed by atoms with Crippen molar-refractivity contribution >= 4 is 0 Å². The molecular weight excluding hydrogens is 182 g/mol. The highest BCUT2D eigenvalue weighted by atomic mass is 19.3. The highest BCUT2D eigenvalue weighted by Gasteiger charge is 2.50. The fraction of sp³-hybridized carbons (Fsp3) is 1.00.